The number of nitrogens with zero attached hydrogens (tertiary/aromatic N) is 1. The Hall–Kier alpha value is -0.390. The van der Waals surface area contributed by atoms with Crippen molar-refractivity contribution >= 4 is 15.9 Å². The molecule has 1 aliphatic carbocycles. The van der Waals surface area contributed by atoms with Gasteiger partial charge in [-0.05, 0) is 48.2 Å². The molecule has 0 bridgehead atoms. The number of nitrogens with one attached hydrogen (secondary N) is 1. The number of hydrogen-bond acceptors (Lipinski definition) is 3. The quantitative estimate of drug-likeness (QED) is 0.743. The number of H-pyrrole nitrogens is 1. The van der Waals surface area contributed by atoms with E-state index in [1.165, 1.54) is 0 Å². The van der Waals surface area contributed by atoms with Crippen LogP contribution in [0.1, 0.15) is 30.5 Å². The minimum Gasteiger partial charge on any atom is -0.385 e. The zero-order chi connectivity index (χ0) is 10.2. The number of aryl methyl sites for hydroxylation is 1. The molecule has 4 N–H and O–H groups in total. The summed E-state index contributed by atoms with van der Waals surface area (Å²) in [6.07, 6.45) is 3.31. The molecule has 0 spiro atoms. The van der Waals surface area contributed by atoms with Gasteiger partial charge < -0.3 is 10.8 Å². The second kappa shape index (κ2) is 3.64. The molecule has 0 radical (unpaired) electrons. The minimum absolute atomic E-state index is 0.494. The predicted molar refractivity (Wildman–Crippen MR) is 56.8 cm³/mol. The molecule has 0 amide bonds. The van der Waals surface area contributed by atoms with Gasteiger partial charge in [-0.25, -0.2) is 0 Å². The van der Waals surface area contributed by atoms with Crippen molar-refractivity contribution in [3.05, 3.63) is 15.9 Å². The second-order valence-electron chi connectivity index (χ2n) is 3.79. The molecular weight excluding hydrogens is 246 g/mol. The highest BCUT2D eigenvalue weighted by atomic mass is 79.9. The van der Waals surface area contributed by atoms with E-state index in [1.54, 1.807) is 0 Å². The zero-order valence-electron chi connectivity index (χ0n) is 7.89. The SMILES string of the molecule is NCCC1(O)CCCc2[nH]nc(Br)c21. The third-order valence-electron chi connectivity index (χ3n) is 2.84. The summed E-state index contributed by atoms with van der Waals surface area (Å²) < 4.78 is 0.725. The molecular formula is C9H14BrN3O. The Kier molecular flexibility index (Phi) is 2.64. The van der Waals surface area contributed by atoms with E-state index in [-0.39, 0.29) is 0 Å². The average molecular weight is 260 g/mol. The van der Waals surface area contributed by atoms with Gasteiger partial charge in [0.2, 0.25) is 0 Å². The number of halogens is 1. The largest absolute Gasteiger partial charge is 0.385 e. The van der Waals surface area contributed by atoms with Crippen molar-refractivity contribution in [1.29, 1.82) is 0 Å². The fourth-order valence-electron chi connectivity index (χ4n) is 2.18. The monoisotopic (exact) mass is 259 g/mol. The minimum atomic E-state index is -0.784. The van der Waals surface area contributed by atoms with Crippen molar-refractivity contribution in [2.75, 3.05) is 6.54 Å². The first kappa shape index (κ1) is 10.1. The van der Waals surface area contributed by atoms with Crippen LogP contribution in [0.25, 0.3) is 0 Å². The molecule has 0 aliphatic heterocycles. The fraction of sp³-hybridized carbons (Fsp3) is 0.667. The predicted octanol–water partition coefficient (Wildman–Crippen LogP) is 1.04. The van der Waals surface area contributed by atoms with Crippen LogP contribution in [0.3, 0.4) is 0 Å². The smallest absolute Gasteiger partial charge is 0.134 e. The molecule has 1 aromatic heterocycles. The summed E-state index contributed by atoms with van der Waals surface area (Å²) in [6.45, 7) is 0.494. The molecule has 1 unspecified atom stereocenters. The van der Waals surface area contributed by atoms with E-state index in [0.29, 0.717) is 13.0 Å². The van der Waals surface area contributed by atoms with Crippen LogP contribution in [0.2, 0.25) is 0 Å². The number of hydrogen-bond donors (Lipinski definition) is 3. The van der Waals surface area contributed by atoms with Gasteiger partial charge in [-0.2, -0.15) is 5.10 Å². The van der Waals surface area contributed by atoms with Gasteiger partial charge in [0.25, 0.3) is 0 Å². The van der Waals surface area contributed by atoms with Gasteiger partial charge in [0.05, 0.1) is 5.60 Å². The Morgan fingerprint density at radius 1 is 1.64 bits per heavy atom. The summed E-state index contributed by atoms with van der Waals surface area (Å²) in [4.78, 5) is 0. The van der Waals surface area contributed by atoms with Gasteiger partial charge in [-0.1, -0.05) is 0 Å². The van der Waals surface area contributed by atoms with Crippen molar-refractivity contribution in [2.45, 2.75) is 31.3 Å². The first-order valence-electron chi connectivity index (χ1n) is 4.83. The third kappa shape index (κ3) is 1.49. The van der Waals surface area contributed by atoms with Gasteiger partial charge in [-0.3, -0.25) is 5.10 Å². The van der Waals surface area contributed by atoms with Crippen LogP contribution < -0.4 is 5.73 Å². The van der Waals surface area contributed by atoms with E-state index in [1.807, 2.05) is 0 Å². The zero-order valence-corrected chi connectivity index (χ0v) is 9.47. The molecule has 0 aromatic carbocycles. The highest BCUT2D eigenvalue weighted by molar-refractivity contribution is 9.10. The average Bonchev–Trinajstić information content (AvgIpc) is 2.49. The van der Waals surface area contributed by atoms with Crippen LogP contribution in [-0.4, -0.2) is 21.8 Å². The number of nitrogens with two attached hydrogens (primary N) is 1. The molecule has 1 aromatic rings. The highest BCUT2D eigenvalue weighted by Crippen LogP contribution is 2.40. The number of aromatic amines is 1. The summed E-state index contributed by atoms with van der Waals surface area (Å²) in [5.41, 5.74) is 6.68. The van der Waals surface area contributed by atoms with Gasteiger partial charge in [0.1, 0.15) is 4.60 Å². The van der Waals surface area contributed by atoms with Crippen LogP contribution in [-0.2, 0) is 12.0 Å². The van der Waals surface area contributed by atoms with E-state index in [9.17, 15) is 5.11 Å². The Morgan fingerprint density at radius 3 is 3.14 bits per heavy atom. The summed E-state index contributed by atoms with van der Waals surface area (Å²) >= 11 is 3.35. The van der Waals surface area contributed by atoms with Gasteiger partial charge in [-0.15, -0.1) is 0 Å². The molecule has 0 saturated heterocycles. The lowest BCUT2D eigenvalue weighted by atomic mass is 9.80. The summed E-state index contributed by atoms with van der Waals surface area (Å²) in [7, 11) is 0. The summed E-state index contributed by atoms with van der Waals surface area (Å²) in [5.74, 6) is 0. The molecule has 1 atom stereocenters. The van der Waals surface area contributed by atoms with Crippen LogP contribution in [0.5, 0.6) is 0 Å². The Morgan fingerprint density at radius 2 is 2.43 bits per heavy atom. The van der Waals surface area contributed by atoms with Crippen LogP contribution in [0.4, 0.5) is 0 Å². The maximum atomic E-state index is 10.4. The molecule has 2 rings (SSSR count). The molecule has 0 saturated carbocycles. The molecule has 78 valence electrons. The van der Waals surface area contributed by atoms with Crippen LogP contribution >= 0.6 is 15.9 Å². The highest BCUT2D eigenvalue weighted by Gasteiger charge is 2.37. The lowest BCUT2D eigenvalue weighted by Crippen LogP contribution is -2.32. The molecule has 14 heavy (non-hydrogen) atoms. The van der Waals surface area contributed by atoms with E-state index >= 15 is 0 Å². The van der Waals surface area contributed by atoms with Gasteiger partial charge >= 0.3 is 0 Å². The van der Waals surface area contributed by atoms with Crippen molar-refractivity contribution < 1.29 is 5.11 Å². The first-order chi connectivity index (χ1) is 6.67. The third-order valence-corrected chi connectivity index (χ3v) is 3.41. The van der Waals surface area contributed by atoms with Crippen molar-refractivity contribution in [1.82, 2.24) is 10.2 Å². The van der Waals surface area contributed by atoms with Crippen molar-refractivity contribution in [3.63, 3.8) is 0 Å². The number of fused-ring (bicyclic) bond motifs is 1. The fourth-order valence-corrected chi connectivity index (χ4v) is 2.88. The van der Waals surface area contributed by atoms with Crippen LogP contribution in [0, 0.1) is 0 Å². The molecule has 1 aliphatic rings. The van der Waals surface area contributed by atoms with Crippen molar-refractivity contribution in [3.8, 4) is 0 Å². The first-order valence-corrected chi connectivity index (χ1v) is 5.62. The second-order valence-corrected chi connectivity index (χ2v) is 4.54. The van der Waals surface area contributed by atoms with Gasteiger partial charge in [0, 0.05) is 11.3 Å². The lowest BCUT2D eigenvalue weighted by Gasteiger charge is -2.31. The topological polar surface area (TPSA) is 74.9 Å². The molecule has 5 heteroatoms. The summed E-state index contributed by atoms with van der Waals surface area (Å²) in [5, 5.41) is 17.4. The molecule has 1 heterocycles. The number of aromatic nitrogens is 2. The summed E-state index contributed by atoms with van der Waals surface area (Å²) in [6, 6.07) is 0. The van der Waals surface area contributed by atoms with Crippen LogP contribution in [0.15, 0.2) is 4.60 Å². The van der Waals surface area contributed by atoms with E-state index in [0.717, 1.165) is 35.1 Å². The van der Waals surface area contributed by atoms with E-state index in [4.69, 9.17) is 5.73 Å². The van der Waals surface area contributed by atoms with E-state index < -0.39 is 5.60 Å². The normalized spacial score (nSPS) is 26.2. The molecule has 4 nitrogen and oxygen atoms in total. The molecule has 0 fully saturated rings. The van der Waals surface area contributed by atoms with Crippen molar-refractivity contribution in [2.24, 2.45) is 5.73 Å². The van der Waals surface area contributed by atoms with Gasteiger partial charge in [0.15, 0.2) is 0 Å². The lowest BCUT2D eigenvalue weighted by molar-refractivity contribution is 0.0118. The maximum Gasteiger partial charge on any atom is 0.134 e. The number of rotatable bonds is 2. The Labute approximate surface area is 91.0 Å². The maximum absolute atomic E-state index is 10.4. The van der Waals surface area contributed by atoms with E-state index in [2.05, 4.69) is 26.1 Å². The standard InChI is InChI=1S/C9H14BrN3O/c10-8-7-6(12-13-8)2-1-3-9(7,14)4-5-11/h14H,1-5,11H2,(H,12,13). The number of aliphatic hydroxyl groups is 1. The Bertz CT molecular complexity index is 339. The Balaban J connectivity index is 2.42.